The molecule has 166 valence electrons. The Morgan fingerprint density at radius 3 is 2.69 bits per heavy atom. The van der Waals surface area contributed by atoms with Crippen LogP contribution in [0.15, 0.2) is 83.0 Å². The largest absolute Gasteiger partial charge is 0.373 e. The number of halogens is 1. The van der Waals surface area contributed by atoms with E-state index in [1.165, 1.54) is 28.6 Å². The van der Waals surface area contributed by atoms with E-state index in [0.29, 0.717) is 18.8 Å². The molecule has 0 aliphatic carbocycles. The SMILES string of the molecule is CC(C)=CCC/C(C)=C\COCc1cccc(C(=O)/C(F)=C/c2csc3ccccc23)c1. The molecule has 1 aromatic heterocycles. The summed E-state index contributed by atoms with van der Waals surface area (Å²) in [5.41, 5.74) is 4.52. The molecule has 3 rings (SSSR count). The molecule has 0 saturated heterocycles. The van der Waals surface area contributed by atoms with Gasteiger partial charge in [-0.15, -0.1) is 11.3 Å². The van der Waals surface area contributed by atoms with Gasteiger partial charge < -0.3 is 4.74 Å². The lowest BCUT2D eigenvalue weighted by atomic mass is 10.1. The van der Waals surface area contributed by atoms with Crippen molar-refractivity contribution in [3.63, 3.8) is 0 Å². The van der Waals surface area contributed by atoms with Crippen LogP contribution in [0.3, 0.4) is 0 Å². The van der Waals surface area contributed by atoms with Crippen LogP contribution >= 0.6 is 11.3 Å². The summed E-state index contributed by atoms with van der Waals surface area (Å²) in [5, 5.41) is 2.82. The standard InChI is InChI=1S/C28H29FO2S/c1-20(2)8-6-9-21(3)14-15-31-18-22-10-7-11-23(16-22)28(30)26(29)17-24-19-32-27-13-5-4-12-25(24)27/h4-5,7-8,10-14,16-17,19H,6,9,15,18H2,1-3H3/b21-14-,26-17-. The summed E-state index contributed by atoms with van der Waals surface area (Å²) in [6.07, 6.45) is 7.70. The summed E-state index contributed by atoms with van der Waals surface area (Å²) in [6, 6.07) is 14.8. The smallest absolute Gasteiger partial charge is 0.221 e. The molecule has 1 heterocycles. The van der Waals surface area contributed by atoms with E-state index in [9.17, 15) is 9.18 Å². The molecule has 0 atom stereocenters. The number of thiophene rings is 1. The molecule has 0 saturated carbocycles. The molecule has 0 amide bonds. The number of Topliss-reactive ketones (excluding diaryl/α,β-unsaturated/α-hetero) is 1. The average Bonchev–Trinajstić information content (AvgIpc) is 3.19. The summed E-state index contributed by atoms with van der Waals surface area (Å²) >= 11 is 1.54. The minimum atomic E-state index is -0.762. The fraction of sp³-hybridized carbons (Fsp3) is 0.250. The highest BCUT2D eigenvalue weighted by Gasteiger charge is 2.14. The lowest BCUT2D eigenvalue weighted by molar-refractivity contribution is 0.101. The van der Waals surface area contributed by atoms with Gasteiger partial charge in [-0.1, -0.05) is 59.7 Å². The summed E-state index contributed by atoms with van der Waals surface area (Å²) in [7, 11) is 0. The molecule has 2 aromatic carbocycles. The Labute approximate surface area is 193 Å². The number of hydrogen-bond donors (Lipinski definition) is 0. The van der Waals surface area contributed by atoms with Gasteiger partial charge in [-0.3, -0.25) is 4.79 Å². The van der Waals surface area contributed by atoms with Crippen molar-refractivity contribution in [2.45, 2.75) is 40.2 Å². The van der Waals surface area contributed by atoms with E-state index in [-0.39, 0.29) is 0 Å². The molecule has 0 N–H and O–H groups in total. The molecule has 0 unspecified atom stereocenters. The zero-order valence-corrected chi connectivity index (χ0v) is 19.7. The molecule has 0 aliphatic heterocycles. The van der Waals surface area contributed by atoms with Crippen molar-refractivity contribution in [2.24, 2.45) is 0 Å². The van der Waals surface area contributed by atoms with Gasteiger partial charge in [0.2, 0.25) is 5.78 Å². The van der Waals surface area contributed by atoms with Crippen LogP contribution in [0.25, 0.3) is 16.2 Å². The van der Waals surface area contributed by atoms with Crippen LogP contribution in [0.1, 0.15) is 55.1 Å². The zero-order chi connectivity index (χ0) is 22.9. The van der Waals surface area contributed by atoms with Gasteiger partial charge in [-0.05, 0) is 73.7 Å². The highest BCUT2D eigenvalue weighted by Crippen LogP contribution is 2.28. The Balaban J connectivity index is 1.59. The van der Waals surface area contributed by atoms with E-state index >= 15 is 0 Å². The van der Waals surface area contributed by atoms with E-state index in [1.807, 2.05) is 35.7 Å². The van der Waals surface area contributed by atoms with Crippen molar-refractivity contribution in [1.29, 1.82) is 0 Å². The highest BCUT2D eigenvalue weighted by molar-refractivity contribution is 7.17. The maximum absolute atomic E-state index is 14.7. The van der Waals surface area contributed by atoms with E-state index in [4.69, 9.17) is 4.74 Å². The van der Waals surface area contributed by atoms with Crippen molar-refractivity contribution in [1.82, 2.24) is 0 Å². The van der Waals surface area contributed by atoms with Crippen molar-refractivity contribution in [3.8, 4) is 0 Å². The zero-order valence-electron chi connectivity index (χ0n) is 18.9. The van der Waals surface area contributed by atoms with E-state index in [1.54, 1.807) is 18.2 Å². The molecule has 0 fully saturated rings. The van der Waals surface area contributed by atoms with Gasteiger partial charge in [0.15, 0.2) is 5.83 Å². The van der Waals surface area contributed by atoms with Crippen molar-refractivity contribution in [3.05, 3.63) is 99.7 Å². The maximum Gasteiger partial charge on any atom is 0.221 e. The monoisotopic (exact) mass is 448 g/mol. The van der Waals surface area contributed by atoms with Crippen LogP contribution in [-0.2, 0) is 11.3 Å². The van der Waals surface area contributed by atoms with Gasteiger partial charge in [0.25, 0.3) is 0 Å². The minimum Gasteiger partial charge on any atom is -0.373 e. The number of allylic oxidation sites excluding steroid dienone is 4. The molecular formula is C28H29FO2S. The number of carbonyl (C=O) groups excluding carboxylic acids is 1. The minimum absolute atomic E-state index is 0.327. The highest BCUT2D eigenvalue weighted by atomic mass is 32.1. The molecule has 4 heteroatoms. The van der Waals surface area contributed by atoms with Crippen LogP contribution in [0.2, 0.25) is 0 Å². The van der Waals surface area contributed by atoms with Crippen LogP contribution in [-0.4, -0.2) is 12.4 Å². The normalized spacial score (nSPS) is 12.2. The maximum atomic E-state index is 14.7. The third kappa shape index (κ3) is 6.84. The summed E-state index contributed by atoms with van der Waals surface area (Å²) < 4.78 is 21.5. The van der Waals surface area contributed by atoms with Crippen LogP contribution in [0.4, 0.5) is 4.39 Å². The second-order valence-electron chi connectivity index (χ2n) is 8.09. The number of hydrogen-bond acceptors (Lipinski definition) is 3. The van der Waals surface area contributed by atoms with Gasteiger partial charge in [-0.25, -0.2) is 4.39 Å². The summed E-state index contributed by atoms with van der Waals surface area (Å²) in [4.78, 5) is 12.6. The number of fused-ring (bicyclic) bond motifs is 1. The lowest BCUT2D eigenvalue weighted by Gasteiger charge is -2.05. The first-order valence-corrected chi connectivity index (χ1v) is 11.7. The van der Waals surface area contributed by atoms with Gasteiger partial charge in [0, 0.05) is 10.3 Å². The predicted octanol–water partition coefficient (Wildman–Crippen LogP) is 8.30. The molecule has 0 radical (unpaired) electrons. The van der Waals surface area contributed by atoms with Gasteiger partial charge in [-0.2, -0.15) is 0 Å². The Morgan fingerprint density at radius 2 is 1.88 bits per heavy atom. The Kier molecular flexibility index (Phi) is 8.72. The fourth-order valence-corrected chi connectivity index (χ4v) is 4.24. The number of ether oxygens (including phenoxy) is 1. The van der Waals surface area contributed by atoms with E-state index in [2.05, 4.69) is 32.9 Å². The first kappa shape index (κ1) is 23.8. The Bertz CT molecular complexity index is 1160. The van der Waals surface area contributed by atoms with Gasteiger partial charge in [0.05, 0.1) is 13.2 Å². The third-order valence-electron chi connectivity index (χ3n) is 5.11. The van der Waals surface area contributed by atoms with Crippen LogP contribution < -0.4 is 0 Å². The fourth-order valence-electron chi connectivity index (χ4n) is 3.32. The summed E-state index contributed by atoms with van der Waals surface area (Å²) in [5.74, 6) is -1.38. The first-order valence-electron chi connectivity index (χ1n) is 10.8. The Morgan fingerprint density at radius 1 is 1.06 bits per heavy atom. The van der Waals surface area contributed by atoms with Gasteiger partial charge >= 0.3 is 0 Å². The number of rotatable bonds is 10. The number of carbonyl (C=O) groups is 1. The topological polar surface area (TPSA) is 26.3 Å². The van der Waals surface area contributed by atoms with Crippen molar-refractivity contribution in [2.75, 3.05) is 6.61 Å². The molecule has 0 bridgehead atoms. The number of ketones is 1. The van der Waals surface area contributed by atoms with Crippen LogP contribution in [0, 0.1) is 0 Å². The third-order valence-corrected chi connectivity index (χ3v) is 6.09. The van der Waals surface area contributed by atoms with Gasteiger partial charge in [0.1, 0.15) is 0 Å². The molecular weight excluding hydrogens is 419 g/mol. The average molecular weight is 449 g/mol. The molecule has 3 aromatic rings. The molecule has 0 spiro atoms. The second kappa shape index (κ2) is 11.7. The van der Waals surface area contributed by atoms with E-state index < -0.39 is 11.6 Å². The quantitative estimate of drug-likeness (QED) is 0.135. The number of benzene rings is 2. The lowest BCUT2D eigenvalue weighted by Crippen LogP contribution is -2.01. The summed E-state index contributed by atoms with van der Waals surface area (Å²) in [6.45, 7) is 7.20. The molecule has 2 nitrogen and oxygen atoms in total. The van der Waals surface area contributed by atoms with Crippen molar-refractivity contribution >= 4 is 33.3 Å². The molecule has 32 heavy (non-hydrogen) atoms. The second-order valence-corrected chi connectivity index (χ2v) is 9.01. The van der Waals surface area contributed by atoms with Crippen LogP contribution in [0.5, 0.6) is 0 Å². The van der Waals surface area contributed by atoms with E-state index in [0.717, 1.165) is 34.1 Å². The predicted molar refractivity (Wildman–Crippen MR) is 134 cm³/mol. The molecule has 0 aliphatic rings. The first-order chi connectivity index (χ1) is 15.4. The van der Waals surface area contributed by atoms with Crippen molar-refractivity contribution < 1.29 is 13.9 Å². The Hall–Kier alpha value is -2.82.